The highest BCUT2D eigenvalue weighted by Crippen LogP contribution is 2.20. The number of benzene rings is 1. The smallest absolute Gasteiger partial charge is 0.253 e. The van der Waals surface area contributed by atoms with Crippen molar-refractivity contribution in [1.29, 1.82) is 0 Å². The molecule has 0 N–H and O–H groups in total. The maximum Gasteiger partial charge on any atom is 0.253 e. The van der Waals surface area contributed by atoms with Gasteiger partial charge in [-0.3, -0.25) is 0 Å². The van der Waals surface area contributed by atoms with Crippen molar-refractivity contribution in [3.8, 4) is 5.75 Å². The minimum absolute atomic E-state index is 0.311. The van der Waals surface area contributed by atoms with Gasteiger partial charge in [0.2, 0.25) is 5.89 Å². The van der Waals surface area contributed by atoms with E-state index in [1.165, 1.54) is 5.56 Å². The number of hydrogen-bond donors (Lipinski definition) is 0. The topological polar surface area (TPSA) is 48.2 Å². The maximum atomic E-state index is 5.62. The van der Waals surface area contributed by atoms with Crippen molar-refractivity contribution >= 4 is 0 Å². The van der Waals surface area contributed by atoms with Crippen LogP contribution in [0.3, 0.4) is 0 Å². The Morgan fingerprint density at radius 1 is 1.19 bits per heavy atom. The fourth-order valence-corrected chi connectivity index (χ4v) is 1.40. The van der Waals surface area contributed by atoms with Gasteiger partial charge in [-0.1, -0.05) is 12.1 Å². The average molecular weight is 218 g/mol. The summed E-state index contributed by atoms with van der Waals surface area (Å²) >= 11 is 0. The van der Waals surface area contributed by atoms with Gasteiger partial charge in [0.05, 0.1) is 0 Å². The summed E-state index contributed by atoms with van der Waals surface area (Å²) in [6.07, 6.45) is 0. The van der Waals surface area contributed by atoms with Gasteiger partial charge in [0.15, 0.2) is 6.61 Å². The van der Waals surface area contributed by atoms with Gasteiger partial charge in [-0.15, -0.1) is 10.2 Å². The zero-order chi connectivity index (χ0) is 11.5. The molecular formula is C12H14N2O2. The fourth-order valence-electron chi connectivity index (χ4n) is 1.40. The molecule has 2 rings (SSSR count). The van der Waals surface area contributed by atoms with Crippen molar-refractivity contribution in [1.82, 2.24) is 10.2 Å². The molecule has 1 heterocycles. The lowest BCUT2D eigenvalue weighted by Gasteiger charge is -2.07. The fraction of sp³-hybridized carbons (Fsp3) is 0.333. The highest BCUT2D eigenvalue weighted by Gasteiger charge is 2.05. The Balaban J connectivity index is 2.07. The number of rotatable bonds is 3. The van der Waals surface area contributed by atoms with E-state index in [2.05, 4.69) is 16.3 Å². The minimum atomic E-state index is 0.311. The summed E-state index contributed by atoms with van der Waals surface area (Å²) < 4.78 is 10.8. The van der Waals surface area contributed by atoms with Gasteiger partial charge in [0.1, 0.15) is 5.75 Å². The number of ether oxygens (including phenoxy) is 1. The van der Waals surface area contributed by atoms with E-state index in [0.29, 0.717) is 18.4 Å². The van der Waals surface area contributed by atoms with Crippen LogP contribution >= 0.6 is 0 Å². The molecule has 4 heteroatoms. The van der Waals surface area contributed by atoms with E-state index in [4.69, 9.17) is 9.15 Å². The summed E-state index contributed by atoms with van der Waals surface area (Å²) in [5.41, 5.74) is 2.27. The Morgan fingerprint density at radius 3 is 2.69 bits per heavy atom. The van der Waals surface area contributed by atoms with Crippen LogP contribution in [0.5, 0.6) is 5.75 Å². The van der Waals surface area contributed by atoms with Crippen molar-refractivity contribution in [3.05, 3.63) is 41.1 Å². The minimum Gasteiger partial charge on any atom is -0.484 e. The van der Waals surface area contributed by atoms with Crippen LogP contribution in [0.4, 0.5) is 0 Å². The second-order valence-electron chi connectivity index (χ2n) is 3.77. The van der Waals surface area contributed by atoms with Crippen molar-refractivity contribution in [3.63, 3.8) is 0 Å². The molecule has 0 unspecified atom stereocenters. The van der Waals surface area contributed by atoms with E-state index in [9.17, 15) is 0 Å². The molecule has 0 spiro atoms. The molecule has 0 saturated carbocycles. The summed E-state index contributed by atoms with van der Waals surface area (Å²) in [5.74, 6) is 1.91. The average Bonchev–Trinajstić information content (AvgIpc) is 2.66. The van der Waals surface area contributed by atoms with Gasteiger partial charge in [-0.05, 0) is 31.0 Å². The number of aryl methyl sites for hydroxylation is 3. The van der Waals surface area contributed by atoms with Crippen molar-refractivity contribution in [2.24, 2.45) is 0 Å². The Kier molecular flexibility index (Phi) is 2.90. The van der Waals surface area contributed by atoms with Gasteiger partial charge >= 0.3 is 0 Å². The van der Waals surface area contributed by atoms with E-state index in [-0.39, 0.29) is 0 Å². The van der Waals surface area contributed by atoms with Gasteiger partial charge in [0.25, 0.3) is 5.89 Å². The zero-order valence-corrected chi connectivity index (χ0v) is 9.65. The van der Waals surface area contributed by atoms with Crippen molar-refractivity contribution < 1.29 is 9.15 Å². The molecule has 16 heavy (non-hydrogen) atoms. The Morgan fingerprint density at radius 2 is 2.00 bits per heavy atom. The van der Waals surface area contributed by atoms with E-state index < -0.39 is 0 Å². The summed E-state index contributed by atoms with van der Waals surface area (Å²) in [6, 6.07) is 6.08. The molecule has 0 fully saturated rings. The zero-order valence-electron chi connectivity index (χ0n) is 9.65. The van der Waals surface area contributed by atoms with Crippen LogP contribution < -0.4 is 4.74 Å². The molecule has 0 aliphatic heterocycles. The maximum absolute atomic E-state index is 5.62. The van der Waals surface area contributed by atoms with Crippen LogP contribution in [0.1, 0.15) is 22.9 Å². The summed E-state index contributed by atoms with van der Waals surface area (Å²) in [6.45, 7) is 6.11. The number of hydrogen-bond acceptors (Lipinski definition) is 4. The summed E-state index contributed by atoms with van der Waals surface area (Å²) in [7, 11) is 0. The van der Waals surface area contributed by atoms with Crippen LogP contribution in [0, 0.1) is 20.8 Å². The monoisotopic (exact) mass is 218 g/mol. The third kappa shape index (κ3) is 2.39. The summed E-state index contributed by atoms with van der Waals surface area (Å²) in [4.78, 5) is 0. The number of aromatic nitrogens is 2. The Bertz CT molecular complexity index is 492. The molecular weight excluding hydrogens is 204 g/mol. The first-order valence-electron chi connectivity index (χ1n) is 5.14. The SMILES string of the molecule is Cc1ccc(C)c(OCc2nnc(C)o2)c1. The third-order valence-corrected chi connectivity index (χ3v) is 2.26. The third-order valence-electron chi connectivity index (χ3n) is 2.26. The first-order valence-corrected chi connectivity index (χ1v) is 5.14. The predicted octanol–water partition coefficient (Wildman–Crippen LogP) is 2.57. The first kappa shape index (κ1) is 10.7. The lowest BCUT2D eigenvalue weighted by Crippen LogP contribution is -1.97. The lowest BCUT2D eigenvalue weighted by atomic mass is 10.1. The highest BCUT2D eigenvalue weighted by molar-refractivity contribution is 5.35. The lowest BCUT2D eigenvalue weighted by molar-refractivity contribution is 0.259. The number of nitrogens with zero attached hydrogens (tertiary/aromatic N) is 2. The normalized spacial score (nSPS) is 10.4. The second kappa shape index (κ2) is 4.35. The van der Waals surface area contributed by atoms with E-state index >= 15 is 0 Å². The van der Waals surface area contributed by atoms with Gasteiger partial charge < -0.3 is 9.15 Å². The standard InChI is InChI=1S/C12H14N2O2/c1-8-4-5-9(2)11(6-8)15-7-12-14-13-10(3)16-12/h4-6H,7H2,1-3H3. The second-order valence-corrected chi connectivity index (χ2v) is 3.77. The molecule has 0 aliphatic rings. The Hall–Kier alpha value is -1.84. The predicted molar refractivity (Wildman–Crippen MR) is 59.3 cm³/mol. The molecule has 0 aliphatic carbocycles. The van der Waals surface area contributed by atoms with E-state index in [1.54, 1.807) is 6.92 Å². The first-order chi connectivity index (χ1) is 7.65. The molecule has 1 aromatic heterocycles. The largest absolute Gasteiger partial charge is 0.484 e. The molecule has 1 aromatic carbocycles. The van der Waals surface area contributed by atoms with Gasteiger partial charge in [0, 0.05) is 6.92 Å². The van der Waals surface area contributed by atoms with Crippen LogP contribution in [0.25, 0.3) is 0 Å². The molecule has 2 aromatic rings. The van der Waals surface area contributed by atoms with E-state index in [0.717, 1.165) is 11.3 Å². The molecule has 0 amide bonds. The van der Waals surface area contributed by atoms with Crippen LogP contribution in [-0.2, 0) is 6.61 Å². The molecule has 0 radical (unpaired) electrons. The van der Waals surface area contributed by atoms with Gasteiger partial charge in [-0.25, -0.2) is 0 Å². The van der Waals surface area contributed by atoms with Crippen LogP contribution in [-0.4, -0.2) is 10.2 Å². The molecule has 84 valence electrons. The molecule has 4 nitrogen and oxygen atoms in total. The Labute approximate surface area is 94.3 Å². The quantitative estimate of drug-likeness (QED) is 0.794. The van der Waals surface area contributed by atoms with Crippen molar-refractivity contribution in [2.75, 3.05) is 0 Å². The molecule has 0 bridgehead atoms. The molecule has 0 atom stereocenters. The summed E-state index contributed by atoms with van der Waals surface area (Å²) in [5, 5.41) is 7.61. The van der Waals surface area contributed by atoms with E-state index in [1.807, 2.05) is 26.0 Å². The van der Waals surface area contributed by atoms with Crippen LogP contribution in [0.15, 0.2) is 22.6 Å². The molecule has 0 saturated heterocycles. The van der Waals surface area contributed by atoms with Crippen molar-refractivity contribution in [2.45, 2.75) is 27.4 Å². The van der Waals surface area contributed by atoms with Gasteiger partial charge in [-0.2, -0.15) is 0 Å². The highest BCUT2D eigenvalue weighted by atomic mass is 16.5. The van der Waals surface area contributed by atoms with Crippen LogP contribution in [0.2, 0.25) is 0 Å².